The Labute approximate surface area is 291 Å². The van der Waals surface area contributed by atoms with E-state index in [1.165, 1.54) is 71.2 Å². The van der Waals surface area contributed by atoms with Crippen LogP contribution in [0.5, 0.6) is 0 Å². The smallest absolute Gasteiger partial charge is 1.00 e. The van der Waals surface area contributed by atoms with E-state index in [4.69, 9.17) is 0 Å². The minimum absolute atomic E-state index is 0. The van der Waals surface area contributed by atoms with Crippen LogP contribution in [0.25, 0.3) is 21.5 Å². The van der Waals surface area contributed by atoms with Gasteiger partial charge in [-0.15, -0.1) is 39.7 Å². The monoisotopic (exact) mass is 706 g/mol. The van der Waals surface area contributed by atoms with Crippen LogP contribution >= 0.6 is 0 Å². The van der Waals surface area contributed by atoms with Crippen LogP contribution in [0.2, 0.25) is 19.6 Å². The molecule has 0 bridgehead atoms. The third kappa shape index (κ3) is 10.8. The first-order valence-corrected chi connectivity index (χ1v) is 19.7. The summed E-state index contributed by atoms with van der Waals surface area (Å²) in [4.78, 5) is 0. The van der Waals surface area contributed by atoms with Crippen molar-refractivity contribution in [3.05, 3.63) is 112 Å². The molecule has 0 N–H and O–H groups in total. The standard InChI is InChI=1S/C21H25.C10H17Si.C8H8.2ClH.Zr/c1-20(2,3)16-9-7-14-11-15-8-10-17(21(4,5)6)13-19(15)18(14)12-16;1-8-6-9(2)10(7-8)11(3,4)5;1-2-8-6-4-3-5-7-8;;;/h7-13H,1-6H3;7-8H,1-5H3;3-7H,1H3;2*1H;/q2*-1;;;;+2/p-2. The second-order valence-electron chi connectivity index (χ2n) is 14.6. The first kappa shape index (κ1) is 39.6. The first-order chi connectivity index (χ1) is 18.9. The minimum Gasteiger partial charge on any atom is -1.00 e. The van der Waals surface area contributed by atoms with Crippen molar-refractivity contribution in [1.82, 2.24) is 0 Å². The van der Waals surface area contributed by atoms with E-state index in [0.29, 0.717) is 5.92 Å². The zero-order valence-electron chi connectivity index (χ0n) is 28.3. The Bertz CT molecular complexity index is 1500. The summed E-state index contributed by atoms with van der Waals surface area (Å²) in [5, 5.41) is 7.09. The molecule has 4 aromatic carbocycles. The quantitative estimate of drug-likeness (QED) is 0.197. The SMILES string of the molecule is CC(C)(C)c1ccc2[cH-]c3ccc(C(C)(C)C)cc3c2c1.CC1=[C-]C(C)C=C1[Si](C)(C)C.C[C](=[Zr+2])c1ccccc1.[Cl-].[Cl-]. The molecule has 0 aliphatic heterocycles. The number of benzene rings is 3. The first-order valence-electron chi connectivity index (χ1n) is 15.0. The molecule has 0 saturated heterocycles. The summed E-state index contributed by atoms with van der Waals surface area (Å²) < 4.78 is 1.46. The Hall–Kier alpha value is -1.44. The molecule has 0 radical (unpaired) electrons. The summed E-state index contributed by atoms with van der Waals surface area (Å²) >= 11 is 1.51. The molecule has 0 amide bonds. The fraction of sp³-hybridized carbons (Fsp3) is 0.385. The molecule has 0 spiro atoms. The van der Waals surface area contributed by atoms with Gasteiger partial charge in [0.1, 0.15) is 0 Å². The molecule has 0 heterocycles. The van der Waals surface area contributed by atoms with Crippen molar-refractivity contribution in [1.29, 1.82) is 0 Å². The normalized spacial score (nSPS) is 14.8. The molecule has 5 rings (SSSR count). The molecule has 0 nitrogen and oxygen atoms in total. The van der Waals surface area contributed by atoms with Gasteiger partial charge < -0.3 is 24.8 Å². The second kappa shape index (κ2) is 15.7. The number of allylic oxidation sites excluding steroid dienone is 4. The van der Waals surface area contributed by atoms with Crippen LogP contribution in [0.3, 0.4) is 0 Å². The Kier molecular flexibility index (Phi) is 14.5. The number of fused-ring (bicyclic) bond motifs is 3. The Morgan fingerprint density at radius 3 is 1.49 bits per heavy atom. The van der Waals surface area contributed by atoms with E-state index in [9.17, 15) is 0 Å². The van der Waals surface area contributed by atoms with Crippen molar-refractivity contribution in [2.24, 2.45) is 5.92 Å². The molecule has 230 valence electrons. The largest absolute Gasteiger partial charge is 1.00 e. The maximum atomic E-state index is 3.43. The summed E-state index contributed by atoms with van der Waals surface area (Å²) in [7, 11) is -1.07. The van der Waals surface area contributed by atoms with Crippen LogP contribution in [-0.2, 0) is 35.1 Å². The van der Waals surface area contributed by atoms with E-state index in [2.05, 4.69) is 161 Å². The summed E-state index contributed by atoms with van der Waals surface area (Å²) in [5.74, 6) is 0.553. The minimum atomic E-state index is -1.07. The predicted octanol–water partition coefficient (Wildman–Crippen LogP) is 5.28. The predicted molar refractivity (Wildman–Crippen MR) is 184 cm³/mol. The third-order valence-electron chi connectivity index (χ3n) is 7.72. The average Bonchev–Trinajstić information content (AvgIpc) is 3.42. The van der Waals surface area contributed by atoms with E-state index in [1.54, 1.807) is 5.20 Å². The van der Waals surface area contributed by atoms with Crippen molar-refractivity contribution in [3.8, 4) is 0 Å². The van der Waals surface area contributed by atoms with Gasteiger partial charge in [-0.1, -0.05) is 116 Å². The van der Waals surface area contributed by atoms with Gasteiger partial charge >= 0.3 is 70.3 Å². The van der Waals surface area contributed by atoms with E-state index >= 15 is 0 Å². The molecule has 1 unspecified atom stereocenters. The van der Waals surface area contributed by atoms with Crippen LogP contribution < -0.4 is 24.8 Å². The van der Waals surface area contributed by atoms with Gasteiger partial charge in [0.15, 0.2) is 0 Å². The zero-order valence-corrected chi connectivity index (χ0v) is 33.3. The van der Waals surface area contributed by atoms with Gasteiger partial charge in [-0.05, 0) is 18.9 Å². The molecule has 0 saturated carbocycles. The van der Waals surface area contributed by atoms with Gasteiger partial charge in [0.25, 0.3) is 0 Å². The van der Waals surface area contributed by atoms with E-state index in [1.807, 2.05) is 6.07 Å². The number of rotatable bonds is 2. The number of hydrogen-bond acceptors (Lipinski definition) is 0. The van der Waals surface area contributed by atoms with Crippen LogP contribution in [-0.4, -0.2) is 11.3 Å². The molecule has 1 aliphatic rings. The molecular formula is C39H50Cl2SiZr-2. The fourth-order valence-corrected chi connectivity index (χ4v) is 7.62. The summed E-state index contributed by atoms with van der Waals surface area (Å²) in [6.07, 6.45) is 5.81. The average molecular weight is 709 g/mol. The molecule has 0 fully saturated rings. The van der Waals surface area contributed by atoms with Gasteiger partial charge in [0.2, 0.25) is 0 Å². The maximum Gasteiger partial charge on any atom is -1.00 e. The second-order valence-corrected chi connectivity index (χ2v) is 21.5. The van der Waals surface area contributed by atoms with Crippen LogP contribution in [0, 0.1) is 12.0 Å². The fourth-order valence-electron chi connectivity index (χ4n) is 5.27. The van der Waals surface area contributed by atoms with Crippen LogP contribution in [0.15, 0.2) is 89.6 Å². The Morgan fingerprint density at radius 1 is 0.767 bits per heavy atom. The van der Waals surface area contributed by atoms with Crippen LogP contribution in [0.4, 0.5) is 0 Å². The number of hydrogen-bond donors (Lipinski definition) is 0. The van der Waals surface area contributed by atoms with Gasteiger partial charge in [-0.2, -0.15) is 6.08 Å². The third-order valence-corrected chi connectivity index (χ3v) is 10.6. The van der Waals surface area contributed by atoms with Gasteiger partial charge in [0.05, 0.1) is 0 Å². The van der Waals surface area contributed by atoms with Gasteiger partial charge in [0, 0.05) is 0 Å². The zero-order chi connectivity index (χ0) is 30.8. The van der Waals surface area contributed by atoms with Crippen molar-refractivity contribution in [2.45, 2.75) is 92.8 Å². The molecule has 1 aliphatic carbocycles. The van der Waals surface area contributed by atoms with Crippen molar-refractivity contribution >= 4 is 32.8 Å². The molecule has 43 heavy (non-hydrogen) atoms. The molecule has 4 aromatic rings. The number of halogens is 2. The van der Waals surface area contributed by atoms with Gasteiger partial charge in [-0.3, -0.25) is 6.08 Å². The maximum absolute atomic E-state index is 3.43. The molecular weight excluding hydrogens is 659 g/mol. The Balaban J connectivity index is 0.000000356. The van der Waals surface area contributed by atoms with Crippen molar-refractivity contribution in [3.63, 3.8) is 0 Å². The molecule has 1 atom stereocenters. The summed E-state index contributed by atoms with van der Waals surface area (Å²) in [5.41, 5.74) is 5.97. The molecule has 4 heteroatoms. The van der Waals surface area contributed by atoms with Crippen molar-refractivity contribution < 1.29 is 49.0 Å². The Morgan fingerprint density at radius 2 is 1.21 bits per heavy atom. The topological polar surface area (TPSA) is 0 Å². The van der Waals surface area contributed by atoms with E-state index in [-0.39, 0.29) is 35.6 Å². The summed E-state index contributed by atoms with van der Waals surface area (Å²) in [6, 6.07) is 26.6. The van der Waals surface area contributed by atoms with E-state index in [0.717, 1.165) is 0 Å². The van der Waals surface area contributed by atoms with Crippen molar-refractivity contribution in [2.75, 3.05) is 0 Å². The summed E-state index contributed by atoms with van der Waals surface area (Å²) in [6.45, 7) is 27.4. The van der Waals surface area contributed by atoms with Crippen LogP contribution in [0.1, 0.15) is 79.0 Å². The van der Waals surface area contributed by atoms with E-state index < -0.39 is 8.07 Å². The molecule has 0 aromatic heterocycles. The van der Waals surface area contributed by atoms with Gasteiger partial charge in [-0.25, -0.2) is 10.8 Å².